The third kappa shape index (κ3) is 15.9. The molecule has 59 heavy (non-hydrogen) atoms. The summed E-state index contributed by atoms with van der Waals surface area (Å²) in [5, 5.41) is 25.6. The molecule has 0 radical (unpaired) electrons. The van der Waals surface area contributed by atoms with Crippen LogP contribution in [-0.2, 0) is 59.9 Å². The van der Waals surface area contributed by atoms with E-state index < -0.39 is 31.7 Å². The first-order chi connectivity index (χ1) is 28.0. The number of nitrogens with zero attached hydrogens (tertiary/aromatic N) is 12. The summed E-state index contributed by atoms with van der Waals surface area (Å²) in [5.41, 5.74) is 4.95. The molecule has 0 amide bonds. The smallest absolute Gasteiger partial charge is 0.403 e. The van der Waals surface area contributed by atoms with Crippen LogP contribution in [0.25, 0.3) is 0 Å². The molecule has 0 aliphatic heterocycles. The van der Waals surface area contributed by atoms with E-state index in [1.54, 1.807) is 82.7 Å². The van der Waals surface area contributed by atoms with Gasteiger partial charge in [-0.15, -0.1) is 9.36 Å². The van der Waals surface area contributed by atoms with Crippen LogP contribution in [0.3, 0.4) is 0 Å². The van der Waals surface area contributed by atoms with Gasteiger partial charge in [-0.25, -0.2) is 26.0 Å². The number of aromatic nitrogens is 6. The minimum atomic E-state index is -4.13. The number of azo groups is 2. The lowest BCUT2D eigenvalue weighted by atomic mass is 10.2. The quantitative estimate of drug-likeness (QED) is 0.0807. The highest BCUT2D eigenvalue weighted by molar-refractivity contribution is 7.85. The first-order valence-corrected chi connectivity index (χ1v) is 21.3. The van der Waals surface area contributed by atoms with Crippen LogP contribution in [0.4, 0.5) is 34.6 Å². The molecule has 0 atom stereocenters. The first kappa shape index (κ1) is 45.5. The maximum atomic E-state index is 10.2. The van der Waals surface area contributed by atoms with E-state index in [4.69, 9.17) is 0 Å². The Hall–Kier alpha value is -6.22. The Bertz CT molecular complexity index is 2280. The van der Waals surface area contributed by atoms with E-state index in [-0.39, 0.29) is 0 Å². The molecule has 0 fully saturated rings. The van der Waals surface area contributed by atoms with Crippen LogP contribution in [0, 0.1) is 0 Å². The fourth-order valence-corrected chi connectivity index (χ4v) is 6.56. The molecule has 0 saturated heterocycles. The third-order valence-corrected chi connectivity index (χ3v) is 9.83. The number of rotatable bonds is 14. The molecule has 2 aromatic heterocycles. The summed E-state index contributed by atoms with van der Waals surface area (Å²) in [6, 6.07) is 32.9. The molecule has 312 valence electrons. The molecule has 0 aliphatic carbocycles. The Labute approximate surface area is 344 Å². The highest BCUT2D eigenvalue weighted by Crippen LogP contribution is 2.23. The number of hydrogen-bond acceptors (Lipinski definition) is 14. The number of benzene rings is 4. The first-order valence-electron chi connectivity index (χ1n) is 18.1. The monoisotopic (exact) mass is 844 g/mol. The maximum Gasteiger partial charge on any atom is 0.403 e. The van der Waals surface area contributed by atoms with E-state index in [9.17, 15) is 25.9 Å². The molecule has 20 heteroatoms. The molecule has 0 spiro atoms. The zero-order chi connectivity index (χ0) is 43.0. The van der Waals surface area contributed by atoms with Crippen LogP contribution in [-0.4, -0.2) is 72.7 Å². The van der Waals surface area contributed by atoms with E-state index in [1.807, 2.05) is 61.6 Å². The summed E-state index contributed by atoms with van der Waals surface area (Å²) in [7, 11) is 3.43. The van der Waals surface area contributed by atoms with Gasteiger partial charge in [0.1, 0.15) is 0 Å². The average molecular weight is 845 g/mol. The molecule has 0 unspecified atom stereocenters. The number of aryl methyl sites for hydroxylation is 4. The third-order valence-electron chi connectivity index (χ3n) is 8.46. The van der Waals surface area contributed by atoms with Gasteiger partial charge in [-0.2, -0.15) is 0 Å². The molecule has 0 N–H and O–H groups in total. The second-order valence-corrected chi connectivity index (χ2v) is 16.1. The van der Waals surface area contributed by atoms with Crippen LogP contribution >= 0.6 is 0 Å². The predicted octanol–water partition coefficient (Wildman–Crippen LogP) is 5.06. The van der Waals surface area contributed by atoms with Crippen LogP contribution < -0.4 is 18.9 Å². The fraction of sp³-hybridized carbons (Fsp3) is 0.282. The van der Waals surface area contributed by atoms with E-state index in [1.165, 1.54) is 0 Å². The van der Waals surface area contributed by atoms with Crippen molar-refractivity contribution >= 4 is 54.9 Å². The number of hydrogen-bond donors (Lipinski definition) is 0. The summed E-state index contributed by atoms with van der Waals surface area (Å²) in [5.74, 6) is 0.521. The Morgan fingerprint density at radius 1 is 0.559 bits per heavy atom. The lowest BCUT2D eigenvalue weighted by Crippen LogP contribution is -2.25. The van der Waals surface area contributed by atoms with E-state index in [0.29, 0.717) is 23.0 Å². The fourth-order valence-electron chi connectivity index (χ4n) is 5.36. The largest absolute Gasteiger partial charge is 0.748 e. The zero-order valence-electron chi connectivity index (χ0n) is 33.7. The molecular weight excluding hydrogens is 797 g/mol. The normalized spacial score (nSPS) is 11.5. The predicted molar refractivity (Wildman–Crippen MR) is 221 cm³/mol. The van der Waals surface area contributed by atoms with Crippen molar-refractivity contribution < 1.29 is 35.1 Å². The lowest BCUT2D eigenvalue weighted by molar-refractivity contribution is -0.659. The minimum absolute atomic E-state index is 0.423. The minimum Gasteiger partial charge on any atom is -0.748 e. The van der Waals surface area contributed by atoms with Gasteiger partial charge in [-0.1, -0.05) is 70.9 Å². The van der Waals surface area contributed by atoms with Crippen molar-refractivity contribution in [3.05, 3.63) is 133 Å². The summed E-state index contributed by atoms with van der Waals surface area (Å²) < 4.78 is 68.5. The summed E-state index contributed by atoms with van der Waals surface area (Å²) >= 11 is 0. The van der Waals surface area contributed by atoms with Gasteiger partial charge in [0.15, 0.2) is 0 Å². The Morgan fingerprint density at radius 3 is 1.19 bits per heavy atom. The highest BCUT2D eigenvalue weighted by atomic mass is 32.2. The van der Waals surface area contributed by atoms with Crippen molar-refractivity contribution in [1.29, 1.82) is 0 Å². The van der Waals surface area contributed by atoms with Gasteiger partial charge >= 0.3 is 11.9 Å². The second-order valence-electron chi connectivity index (χ2n) is 13.3. The molecule has 0 bridgehead atoms. The van der Waals surface area contributed by atoms with Gasteiger partial charge in [-0.3, -0.25) is 0 Å². The Morgan fingerprint density at radius 2 is 0.898 bits per heavy atom. The van der Waals surface area contributed by atoms with Gasteiger partial charge in [0.05, 0.1) is 71.3 Å². The Kier molecular flexibility index (Phi) is 16.6. The van der Waals surface area contributed by atoms with Crippen molar-refractivity contribution in [3.8, 4) is 0 Å². The van der Waals surface area contributed by atoms with Gasteiger partial charge in [0, 0.05) is 48.8 Å². The highest BCUT2D eigenvalue weighted by Gasteiger charge is 2.13. The lowest BCUT2D eigenvalue weighted by Gasteiger charge is -2.23. The molecule has 6 aromatic rings. The zero-order valence-corrected chi connectivity index (χ0v) is 35.3. The van der Waals surface area contributed by atoms with Crippen molar-refractivity contribution in [2.45, 2.75) is 17.9 Å². The van der Waals surface area contributed by atoms with Crippen molar-refractivity contribution in [1.82, 2.24) is 19.6 Å². The van der Waals surface area contributed by atoms with Gasteiger partial charge < -0.3 is 18.9 Å². The van der Waals surface area contributed by atoms with E-state index in [0.717, 1.165) is 42.3 Å². The summed E-state index contributed by atoms with van der Waals surface area (Å²) in [6.45, 7) is 1.87. The van der Waals surface area contributed by atoms with Crippen molar-refractivity contribution in [2.24, 2.45) is 48.6 Å². The van der Waals surface area contributed by atoms with Crippen LogP contribution in [0.1, 0.15) is 17.5 Å². The van der Waals surface area contributed by atoms with E-state index in [2.05, 4.69) is 78.8 Å². The van der Waals surface area contributed by atoms with Crippen molar-refractivity contribution in [3.63, 3.8) is 0 Å². The van der Waals surface area contributed by atoms with Gasteiger partial charge in [0.2, 0.25) is 12.7 Å². The molecule has 6 rings (SSSR count). The molecule has 0 aliphatic rings. The maximum absolute atomic E-state index is 10.2. The Balaban J connectivity index is 0.000000282. The topological polar surface area (TPSA) is 214 Å². The number of anilines is 2. The average Bonchev–Trinajstić information content (AvgIpc) is 3.70. The summed E-state index contributed by atoms with van der Waals surface area (Å²) in [4.78, 5) is 4.50. The van der Waals surface area contributed by atoms with E-state index >= 15 is 0 Å². The van der Waals surface area contributed by atoms with Crippen LogP contribution in [0.2, 0.25) is 0 Å². The molecule has 2 heterocycles. The van der Waals surface area contributed by atoms with Crippen LogP contribution in [0.5, 0.6) is 0 Å². The van der Waals surface area contributed by atoms with Crippen molar-refractivity contribution in [2.75, 3.05) is 37.0 Å². The molecule has 18 nitrogen and oxygen atoms in total. The van der Waals surface area contributed by atoms with Crippen LogP contribution in [0.15, 0.2) is 142 Å². The van der Waals surface area contributed by atoms with Gasteiger partial charge in [0.25, 0.3) is 0 Å². The standard InChI is InChI=1S/C25H34N12.2C7H8O3S/c1-32(22-12-8-20(9-13-22)28-30-24-34(3)18-26-36(24)5)16-7-17-33(2)23-14-10-21(11-15-23)29-31-25-35(4)19-27-37(25)6;2*8-11(9,10)6-7-4-2-1-3-5-7/h8-15,18-19H,7,16-17H2,1-6H3;2*1-5H,6H2,(H,8,9,10)/q+2;;/p-2. The molecule has 4 aromatic carbocycles. The van der Waals surface area contributed by atoms with Gasteiger partial charge in [-0.05, 0) is 76.3 Å². The second kappa shape index (κ2) is 21.5. The SMILES string of the molecule is CN(CCCN(C)c1ccc(N=Nc2n(C)nc[n+]2C)cc1)c1ccc(N=Nc2n(C)nc[n+]2C)cc1.O=S(=O)([O-])Cc1ccccc1.O=S(=O)([O-])Cc1ccccc1. The molecular formula is C39H48N12O6S2. The molecule has 0 saturated carbocycles. The summed E-state index contributed by atoms with van der Waals surface area (Å²) in [6.07, 6.45) is 4.43.